The van der Waals surface area contributed by atoms with Gasteiger partial charge in [0.1, 0.15) is 24.2 Å². The first-order valence-electron chi connectivity index (χ1n) is 12.8. The van der Waals surface area contributed by atoms with Gasteiger partial charge in [-0.1, -0.05) is 19.9 Å². The van der Waals surface area contributed by atoms with Gasteiger partial charge in [-0.05, 0) is 55.9 Å². The van der Waals surface area contributed by atoms with Crippen LogP contribution in [0.15, 0.2) is 48.7 Å². The Hall–Kier alpha value is -3.36. The average molecular weight is 492 g/mol. The van der Waals surface area contributed by atoms with Gasteiger partial charge in [0.15, 0.2) is 0 Å². The maximum Gasteiger partial charge on any atom is 0.227 e. The summed E-state index contributed by atoms with van der Waals surface area (Å²) in [4.78, 5) is 11.4. The fraction of sp³-hybridized carbons (Fsp3) is 0.429. The van der Waals surface area contributed by atoms with E-state index in [1.807, 2.05) is 49.4 Å². The minimum absolute atomic E-state index is 0.141. The number of nitrogens with one attached hydrogen (secondary N) is 1. The summed E-state index contributed by atoms with van der Waals surface area (Å²) < 4.78 is 17.6. The van der Waals surface area contributed by atoms with Gasteiger partial charge in [-0.15, -0.1) is 0 Å². The summed E-state index contributed by atoms with van der Waals surface area (Å²) in [5.41, 5.74) is 10.6. The Morgan fingerprint density at radius 1 is 1.06 bits per heavy atom. The number of aryl methyl sites for hydroxylation is 1. The zero-order valence-corrected chi connectivity index (χ0v) is 21.5. The van der Waals surface area contributed by atoms with Crippen molar-refractivity contribution in [3.05, 3.63) is 54.2 Å². The molecule has 1 aliphatic heterocycles. The highest BCUT2D eigenvalue weighted by Gasteiger charge is 2.17. The molecule has 0 bridgehead atoms. The fourth-order valence-electron chi connectivity index (χ4n) is 4.16. The highest BCUT2D eigenvalue weighted by molar-refractivity contribution is 5.69. The van der Waals surface area contributed by atoms with Gasteiger partial charge in [-0.2, -0.15) is 0 Å². The van der Waals surface area contributed by atoms with Crippen LogP contribution < -0.4 is 20.5 Å². The van der Waals surface area contributed by atoms with Crippen molar-refractivity contribution in [1.82, 2.24) is 14.9 Å². The van der Waals surface area contributed by atoms with Gasteiger partial charge >= 0.3 is 0 Å². The second-order valence-corrected chi connectivity index (χ2v) is 8.93. The molecule has 8 heteroatoms. The van der Waals surface area contributed by atoms with E-state index in [1.165, 1.54) is 0 Å². The summed E-state index contributed by atoms with van der Waals surface area (Å²) in [6, 6.07) is 13.7. The molecule has 0 radical (unpaired) electrons. The SMILES string of the molecule is CCN(CC)CCOc1cc(Nc2nccc(-c3ccc(OC4CCOCC4)c(N)c3)n2)ccc1C. The molecule has 2 heterocycles. The number of rotatable bonds is 11. The van der Waals surface area contributed by atoms with Crippen LogP contribution in [0.1, 0.15) is 32.3 Å². The molecule has 0 saturated carbocycles. The minimum atomic E-state index is 0.141. The lowest BCUT2D eigenvalue weighted by atomic mass is 10.1. The van der Waals surface area contributed by atoms with Crippen LogP contribution in [0.5, 0.6) is 11.5 Å². The van der Waals surface area contributed by atoms with Crippen molar-refractivity contribution in [2.45, 2.75) is 39.7 Å². The number of anilines is 3. The van der Waals surface area contributed by atoms with Crippen LogP contribution in [0.2, 0.25) is 0 Å². The molecule has 192 valence electrons. The highest BCUT2D eigenvalue weighted by atomic mass is 16.5. The van der Waals surface area contributed by atoms with Crippen LogP contribution in [0.25, 0.3) is 11.3 Å². The van der Waals surface area contributed by atoms with Gasteiger partial charge in [-0.25, -0.2) is 9.97 Å². The Balaban J connectivity index is 1.42. The Morgan fingerprint density at radius 3 is 2.61 bits per heavy atom. The van der Waals surface area contributed by atoms with Crippen molar-refractivity contribution in [1.29, 1.82) is 0 Å². The Labute approximate surface area is 213 Å². The van der Waals surface area contributed by atoms with Gasteiger partial charge in [0.2, 0.25) is 5.95 Å². The Bertz CT molecular complexity index is 1130. The van der Waals surface area contributed by atoms with E-state index in [0.717, 1.165) is 73.9 Å². The standard InChI is InChI=1S/C28H37N5O3/c1-4-33(5-2)14-17-35-27-19-22(8-6-20(27)3)31-28-30-13-10-25(32-28)21-7-9-26(24(29)18-21)36-23-11-15-34-16-12-23/h6-10,13,18-19,23H,4-5,11-12,14-17,29H2,1-3H3,(H,30,31,32). The van der Waals surface area contributed by atoms with E-state index < -0.39 is 0 Å². The lowest BCUT2D eigenvalue weighted by Gasteiger charge is -2.24. The molecule has 36 heavy (non-hydrogen) atoms. The molecule has 0 amide bonds. The van der Waals surface area contributed by atoms with Crippen molar-refractivity contribution in [2.75, 3.05) is 50.5 Å². The summed E-state index contributed by atoms with van der Waals surface area (Å²) in [5, 5.41) is 3.30. The first-order chi connectivity index (χ1) is 17.6. The lowest BCUT2D eigenvalue weighted by molar-refractivity contribution is 0.0259. The molecule has 1 saturated heterocycles. The van der Waals surface area contributed by atoms with Crippen LogP contribution >= 0.6 is 0 Å². The maximum absolute atomic E-state index is 6.31. The predicted molar refractivity (Wildman–Crippen MR) is 144 cm³/mol. The monoisotopic (exact) mass is 491 g/mol. The molecule has 2 aromatic carbocycles. The predicted octanol–water partition coefficient (Wildman–Crippen LogP) is 5.06. The van der Waals surface area contributed by atoms with E-state index in [-0.39, 0.29) is 6.10 Å². The second-order valence-electron chi connectivity index (χ2n) is 8.93. The second kappa shape index (κ2) is 12.6. The van der Waals surface area contributed by atoms with E-state index in [1.54, 1.807) is 6.20 Å². The summed E-state index contributed by atoms with van der Waals surface area (Å²) >= 11 is 0. The van der Waals surface area contributed by atoms with E-state index in [2.05, 4.69) is 29.0 Å². The number of likely N-dealkylation sites (N-methyl/N-ethyl adjacent to an activating group) is 1. The Morgan fingerprint density at radius 2 is 1.86 bits per heavy atom. The molecule has 8 nitrogen and oxygen atoms in total. The molecule has 3 N–H and O–H groups in total. The van der Waals surface area contributed by atoms with Crippen molar-refractivity contribution in [2.24, 2.45) is 0 Å². The topological polar surface area (TPSA) is 94.8 Å². The van der Waals surface area contributed by atoms with E-state index in [4.69, 9.17) is 24.9 Å². The van der Waals surface area contributed by atoms with Gasteiger partial charge in [0, 0.05) is 42.9 Å². The maximum atomic E-state index is 6.31. The third kappa shape index (κ3) is 6.86. The number of hydrogen-bond donors (Lipinski definition) is 2. The number of nitrogen functional groups attached to an aromatic ring is 1. The normalized spacial score (nSPS) is 14.1. The zero-order chi connectivity index (χ0) is 25.3. The number of aromatic nitrogens is 2. The van der Waals surface area contributed by atoms with E-state index in [9.17, 15) is 0 Å². The first-order valence-corrected chi connectivity index (χ1v) is 12.8. The quantitative estimate of drug-likeness (QED) is 0.360. The molecule has 0 unspecified atom stereocenters. The van der Waals surface area contributed by atoms with Crippen molar-refractivity contribution < 1.29 is 14.2 Å². The molecule has 0 aliphatic carbocycles. The van der Waals surface area contributed by atoms with Crippen molar-refractivity contribution in [3.63, 3.8) is 0 Å². The van der Waals surface area contributed by atoms with Gasteiger partial charge in [0.05, 0.1) is 24.6 Å². The Kier molecular flexibility index (Phi) is 8.97. The fourth-order valence-corrected chi connectivity index (χ4v) is 4.16. The lowest BCUT2D eigenvalue weighted by Crippen LogP contribution is -2.28. The van der Waals surface area contributed by atoms with Gasteiger partial charge < -0.3 is 30.2 Å². The molecule has 1 aromatic heterocycles. The molecule has 0 atom stereocenters. The number of benzene rings is 2. The zero-order valence-electron chi connectivity index (χ0n) is 21.5. The molecule has 0 spiro atoms. The van der Waals surface area contributed by atoms with Gasteiger partial charge in [0.25, 0.3) is 0 Å². The van der Waals surface area contributed by atoms with E-state index >= 15 is 0 Å². The molecular weight excluding hydrogens is 454 g/mol. The third-order valence-electron chi connectivity index (χ3n) is 6.43. The number of nitrogens with zero attached hydrogens (tertiary/aromatic N) is 3. The molecule has 1 fully saturated rings. The summed E-state index contributed by atoms with van der Waals surface area (Å²) in [5.74, 6) is 2.06. The molecule has 4 rings (SSSR count). The van der Waals surface area contributed by atoms with Crippen molar-refractivity contribution in [3.8, 4) is 22.8 Å². The van der Waals surface area contributed by atoms with Crippen LogP contribution in [-0.2, 0) is 4.74 Å². The first kappa shape index (κ1) is 25.7. The summed E-state index contributed by atoms with van der Waals surface area (Å²) in [6.45, 7) is 11.4. The smallest absolute Gasteiger partial charge is 0.227 e. The van der Waals surface area contributed by atoms with Crippen LogP contribution in [0.4, 0.5) is 17.3 Å². The van der Waals surface area contributed by atoms with Crippen LogP contribution in [0.3, 0.4) is 0 Å². The largest absolute Gasteiger partial charge is 0.492 e. The minimum Gasteiger partial charge on any atom is -0.492 e. The highest BCUT2D eigenvalue weighted by Crippen LogP contribution is 2.30. The molecular formula is C28H37N5O3. The third-order valence-corrected chi connectivity index (χ3v) is 6.43. The summed E-state index contributed by atoms with van der Waals surface area (Å²) in [6.07, 6.45) is 3.64. The van der Waals surface area contributed by atoms with Gasteiger partial charge in [-0.3, -0.25) is 0 Å². The summed E-state index contributed by atoms with van der Waals surface area (Å²) in [7, 11) is 0. The van der Waals surface area contributed by atoms with E-state index in [0.29, 0.717) is 24.0 Å². The molecule has 1 aliphatic rings. The average Bonchev–Trinajstić information content (AvgIpc) is 2.90. The number of nitrogens with two attached hydrogens (primary N) is 1. The van der Waals surface area contributed by atoms with Crippen molar-refractivity contribution >= 4 is 17.3 Å². The number of ether oxygens (including phenoxy) is 3. The van der Waals surface area contributed by atoms with Crippen LogP contribution in [-0.4, -0.2) is 60.4 Å². The molecule has 3 aromatic rings. The van der Waals surface area contributed by atoms with Crippen LogP contribution in [0, 0.1) is 6.92 Å². The number of hydrogen-bond acceptors (Lipinski definition) is 8.